The third-order valence-corrected chi connectivity index (χ3v) is 4.41. The molecule has 2 N–H and O–H groups in total. The van der Waals surface area contributed by atoms with Crippen LogP contribution in [0, 0.1) is 0 Å². The lowest BCUT2D eigenvalue weighted by Crippen LogP contribution is -2.39. The first-order valence-electron chi connectivity index (χ1n) is 5.52. The maximum Gasteiger partial charge on any atom is 0.0410 e. The lowest BCUT2D eigenvalue weighted by atomic mass is 10.1. The van der Waals surface area contributed by atoms with Crippen molar-refractivity contribution in [1.82, 2.24) is 4.90 Å². The molecule has 0 bridgehead atoms. The Hall–Kier alpha value is -0.380. The summed E-state index contributed by atoms with van der Waals surface area (Å²) < 4.78 is 0. The van der Waals surface area contributed by atoms with Gasteiger partial charge in [0.2, 0.25) is 0 Å². The Bertz CT molecular complexity index is 370. The monoisotopic (exact) mass is 256 g/mol. The van der Waals surface area contributed by atoms with E-state index >= 15 is 0 Å². The molecule has 1 heterocycles. The van der Waals surface area contributed by atoms with Gasteiger partial charge in [-0.15, -0.1) is 0 Å². The molecular formula is C12H17ClN2S. The fourth-order valence-corrected chi connectivity index (χ4v) is 3.20. The second-order valence-corrected chi connectivity index (χ2v) is 5.82. The Labute approximate surface area is 106 Å². The van der Waals surface area contributed by atoms with Crippen LogP contribution in [0.4, 0.5) is 5.69 Å². The summed E-state index contributed by atoms with van der Waals surface area (Å²) in [5.41, 5.74) is 7.95. The first-order valence-corrected chi connectivity index (χ1v) is 7.06. The lowest BCUT2D eigenvalue weighted by Gasteiger charge is -2.33. The summed E-state index contributed by atoms with van der Waals surface area (Å²) >= 11 is 8.02. The third kappa shape index (κ3) is 2.84. The first-order chi connectivity index (χ1) is 7.66. The molecule has 1 aliphatic heterocycles. The molecule has 4 heteroatoms. The second-order valence-electron chi connectivity index (χ2n) is 4.24. The molecule has 2 nitrogen and oxygen atoms in total. The van der Waals surface area contributed by atoms with Crippen LogP contribution in [0.5, 0.6) is 0 Å². The fraction of sp³-hybridized carbons (Fsp3) is 0.500. The summed E-state index contributed by atoms with van der Waals surface area (Å²) in [5, 5.41) is 0.767. The number of rotatable bonds is 2. The molecule has 88 valence electrons. The number of halogens is 1. The highest BCUT2D eigenvalue weighted by molar-refractivity contribution is 7.99. The Kier molecular flexibility index (Phi) is 4.00. The normalized spacial score (nSPS) is 22.2. The SMILES string of the molecule is CC1CSCCN1Cc1cc(Cl)ccc1N. The number of nitrogens with two attached hydrogens (primary N) is 1. The minimum atomic E-state index is 0.622. The number of hydrogen-bond acceptors (Lipinski definition) is 3. The predicted molar refractivity (Wildman–Crippen MR) is 73.1 cm³/mol. The summed E-state index contributed by atoms with van der Waals surface area (Å²) in [6.45, 7) is 4.32. The standard InChI is InChI=1S/C12H17ClN2S/c1-9-8-16-5-4-15(9)7-10-6-11(13)2-3-12(10)14/h2-3,6,9H,4-5,7-8,14H2,1H3. The minimum Gasteiger partial charge on any atom is -0.398 e. The van der Waals surface area contributed by atoms with E-state index in [0.717, 1.165) is 29.4 Å². The Morgan fingerprint density at radius 3 is 3.12 bits per heavy atom. The summed E-state index contributed by atoms with van der Waals surface area (Å²) in [7, 11) is 0. The molecule has 1 fully saturated rings. The largest absolute Gasteiger partial charge is 0.398 e. The van der Waals surface area contributed by atoms with Gasteiger partial charge in [-0.1, -0.05) is 11.6 Å². The van der Waals surface area contributed by atoms with Crippen LogP contribution in [0.3, 0.4) is 0 Å². The van der Waals surface area contributed by atoms with Crippen molar-refractivity contribution in [2.75, 3.05) is 23.8 Å². The van der Waals surface area contributed by atoms with Gasteiger partial charge in [0, 0.05) is 41.3 Å². The molecule has 1 atom stereocenters. The molecule has 1 unspecified atom stereocenters. The molecule has 0 saturated carbocycles. The Morgan fingerprint density at radius 2 is 2.38 bits per heavy atom. The van der Waals surface area contributed by atoms with Gasteiger partial charge < -0.3 is 5.73 Å². The van der Waals surface area contributed by atoms with Crippen LogP contribution < -0.4 is 5.73 Å². The van der Waals surface area contributed by atoms with E-state index < -0.39 is 0 Å². The van der Waals surface area contributed by atoms with Gasteiger partial charge in [-0.3, -0.25) is 4.90 Å². The van der Waals surface area contributed by atoms with Crippen LogP contribution in [0.2, 0.25) is 5.02 Å². The van der Waals surface area contributed by atoms with Gasteiger partial charge in [-0.05, 0) is 30.7 Å². The molecule has 1 aromatic carbocycles. The first kappa shape index (κ1) is 12.1. The Morgan fingerprint density at radius 1 is 1.56 bits per heavy atom. The highest BCUT2D eigenvalue weighted by atomic mass is 35.5. The summed E-state index contributed by atoms with van der Waals surface area (Å²) in [6, 6.07) is 6.33. The van der Waals surface area contributed by atoms with Gasteiger partial charge in [0.15, 0.2) is 0 Å². The Balaban J connectivity index is 2.10. The van der Waals surface area contributed by atoms with E-state index in [0.29, 0.717) is 6.04 Å². The van der Waals surface area contributed by atoms with E-state index in [4.69, 9.17) is 17.3 Å². The summed E-state index contributed by atoms with van der Waals surface area (Å²) in [6.07, 6.45) is 0. The zero-order valence-corrected chi connectivity index (χ0v) is 11.0. The van der Waals surface area contributed by atoms with Crippen LogP contribution >= 0.6 is 23.4 Å². The van der Waals surface area contributed by atoms with Crippen molar-refractivity contribution in [2.24, 2.45) is 0 Å². The van der Waals surface area contributed by atoms with Gasteiger partial charge in [-0.2, -0.15) is 11.8 Å². The molecule has 0 radical (unpaired) electrons. The quantitative estimate of drug-likeness (QED) is 0.825. The van der Waals surface area contributed by atoms with Crippen LogP contribution in [0.1, 0.15) is 12.5 Å². The number of benzene rings is 1. The third-order valence-electron chi connectivity index (χ3n) is 2.98. The molecule has 0 amide bonds. The smallest absolute Gasteiger partial charge is 0.0410 e. The molecular weight excluding hydrogens is 240 g/mol. The van der Waals surface area contributed by atoms with E-state index in [2.05, 4.69) is 11.8 Å². The van der Waals surface area contributed by atoms with Gasteiger partial charge in [-0.25, -0.2) is 0 Å². The van der Waals surface area contributed by atoms with Gasteiger partial charge in [0.1, 0.15) is 0 Å². The maximum absolute atomic E-state index is 5.99. The van der Waals surface area contributed by atoms with Crippen LogP contribution in [-0.4, -0.2) is 29.0 Å². The van der Waals surface area contributed by atoms with E-state index in [-0.39, 0.29) is 0 Å². The number of hydrogen-bond donors (Lipinski definition) is 1. The molecule has 0 spiro atoms. The van der Waals surface area contributed by atoms with Crippen molar-refractivity contribution in [3.63, 3.8) is 0 Å². The number of thioether (sulfide) groups is 1. The van der Waals surface area contributed by atoms with E-state index in [1.165, 1.54) is 11.5 Å². The van der Waals surface area contributed by atoms with Gasteiger partial charge >= 0.3 is 0 Å². The van der Waals surface area contributed by atoms with Crippen LogP contribution in [0.25, 0.3) is 0 Å². The van der Waals surface area contributed by atoms with Crippen LogP contribution in [-0.2, 0) is 6.54 Å². The fourth-order valence-electron chi connectivity index (χ4n) is 1.93. The highest BCUT2D eigenvalue weighted by Crippen LogP contribution is 2.23. The number of nitrogens with zero attached hydrogens (tertiary/aromatic N) is 1. The van der Waals surface area contributed by atoms with Crippen molar-refractivity contribution in [3.8, 4) is 0 Å². The van der Waals surface area contributed by atoms with Gasteiger partial charge in [0.05, 0.1) is 0 Å². The van der Waals surface area contributed by atoms with Crippen LogP contribution in [0.15, 0.2) is 18.2 Å². The van der Waals surface area contributed by atoms with Gasteiger partial charge in [0.25, 0.3) is 0 Å². The summed E-state index contributed by atoms with van der Waals surface area (Å²) in [4.78, 5) is 2.47. The lowest BCUT2D eigenvalue weighted by molar-refractivity contribution is 0.224. The van der Waals surface area contributed by atoms with Crippen molar-refractivity contribution >= 4 is 29.1 Å². The minimum absolute atomic E-state index is 0.622. The summed E-state index contributed by atoms with van der Waals surface area (Å²) in [5.74, 6) is 2.42. The number of nitrogen functional groups attached to an aromatic ring is 1. The topological polar surface area (TPSA) is 29.3 Å². The molecule has 16 heavy (non-hydrogen) atoms. The molecule has 0 aromatic heterocycles. The predicted octanol–water partition coefficient (Wildman–Crippen LogP) is 2.86. The highest BCUT2D eigenvalue weighted by Gasteiger charge is 2.19. The zero-order chi connectivity index (χ0) is 11.5. The maximum atomic E-state index is 5.99. The average Bonchev–Trinajstić information content (AvgIpc) is 2.27. The molecule has 1 aliphatic rings. The second kappa shape index (κ2) is 5.30. The van der Waals surface area contributed by atoms with Crippen molar-refractivity contribution in [2.45, 2.75) is 19.5 Å². The molecule has 2 rings (SSSR count). The van der Waals surface area contributed by atoms with Crippen molar-refractivity contribution in [1.29, 1.82) is 0 Å². The average molecular weight is 257 g/mol. The van der Waals surface area contributed by atoms with Crippen molar-refractivity contribution in [3.05, 3.63) is 28.8 Å². The molecule has 1 saturated heterocycles. The van der Waals surface area contributed by atoms with E-state index in [1.807, 2.05) is 30.0 Å². The number of anilines is 1. The zero-order valence-electron chi connectivity index (χ0n) is 9.45. The molecule has 0 aliphatic carbocycles. The molecule has 1 aromatic rings. The van der Waals surface area contributed by atoms with E-state index in [1.54, 1.807) is 0 Å². The van der Waals surface area contributed by atoms with Crippen molar-refractivity contribution < 1.29 is 0 Å². The van der Waals surface area contributed by atoms with E-state index in [9.17, 15) is 0 Å².